The second kappa shape index (κ2) is 5.22. The molecule has 0 amide bonds. The van der Waals surface area contributed by atoms with Crippen LogP contribution in [0, 0.1) is 13.8 Å². The van der Waals surface area contributed by atoms with Crippen molar-refractivity contribution >= 4 is 5.69 Å². The second-order valence-corrected chi connectivity index (χ2v) is 4.86. The number of anilines is 1. The van der Waals surface area contributed by atoms with Gasteiger partial charge in [0.15, 0.2) is 0 Å². The lowest BCUT2D eigenvalue weighted by molar-refractivity contribution is 0.467. The van der Waals surface area contributed by atoms with E-state index in [1.807, 2.05) is 45.0 Å². The molecule has 0 aliphatic carbocycles. The highest BCUT2D eigenvalue weighted by Gasteiger charge is 2.10. The Balaban J connectivity index is 2.21. The first-order valence-corrected chi connectivity index (χ1v) is 6.33. The lowest BCUT2D eigenvalue weighted by Gasteiger charge is -2.18. The van der Waals surface area contributed by atoms with Crippen molar-refractivity contribution in [3.05, 3.63) is 53.1 Å². The third-order valence-corrected chi connectivity index (χ3v) is 3.40. The molecule has 0 heterocycles. The Bertz CT molecular complexity index is 576. The molecule has 2 aromatic rings. The molecule has 19 heavy (non-hydrogen) atoms. The van der Waals surface area contributed by atoms with Crippen molar-refractivity contribution in [3.8, 4) is 11.5 Å². The van der Waals surface area contributed by atoms with E-state index in [1.165, 1.54) is 0 Å². The average Bonchev–Trinajstić information content (AvgIpc) is 2.40. The first kappa shape index (κ1) is 13.3. The molecular formula is C16H19NO2. The molecule has 0 aliphatic heterocycles. The van der Waals surface area contributed by atoms with Crippen molar-refractivity contribution in [2.75, 3.05) is 5.32 Å². The van der Waals surface area contributed by atoms with Gasteiger partial charge in [0.2, 0.25) is 0 Å². The number of nitrogens with one attached hydrogen (secondary N) is 1. The highest BCUT2D eigenvalue weighted by molar-refractivity contribution is 5.59. The summed E-state index contributed by atoms with van der Waals surface area (Å²) in [5.41, 5.74) is 3.73. The van der Waals surface area contributed by atoms with Crippen LogP contribution >= 0.6 is 0 Å². The van der Waals surface area contributed by atoms with Gasteiger partial charge in [0.05, 0.1) is 0 Å². The SMILES string of the molecule is Cc1ccc(NC(C)c2ccc(O)cc2)c(C)c1O. The summed E-state index contributed by atoms with van der Waals surface area (Å²) in [4.78, 5) is 0. The fraction of sp³-hybridized carbons (Fsp3) is 0.250. The standard InChI is InChI=1S/C16H19NO2/c1-10-4-9-15(11(2)16(10)19)17-12(3)13-5-7-14(18)8-6-13/h4-9,12,17-19H,1-3H3. The third-order valence-electron chi connectivity index (χ3n) is 3.40. The van der Waals surface area contributed by atoms with Gasteiger partial charge in [-0.05, 0) is 50.1 Å². The summed E-state index contributed by atoms with van der Waals surface area (Å²) >= 11 is 0. The molecule has 3 heteroatoms. The molecule has 3 nitrogen and oxygen atoms in total. The lowest BCUT2D eigenvalue weighted by atomic mass is 10.1. The topological polar surface area (TPSA) is 52.5 Å². The first-order valence-electron chi connectivity index (χ1n) is 6.33. The molecule has 0 radical (unpaired) electrons. The number of phenols is 2. The van der Waals surface area contributed by atoms with Gasteiger partial charge >= 0.3 is 0 Å². The Morgan fingerprint density at radius 2 is 1.58 bits per heavy atom. The van der Waals surface area contributed by atoms with Crippen LogP contribution in [0.25, 0.3) is 0 Å². The third kappa shape index (κ3) is 2.81. The fourth-order valence-corrected chi connectivity index (χ4v) is 2.07. The number of rotatable bonds is 3. The molecule has 0 saturated carbocycles. The molecule has 0 bridgehead atoms. The molecule has 1 atom stereocenters. The van der Waals surface area contributed by atoms with E-state index < -0.39 is 0 Å². The van der Waals surface area contributed by atoms with Crippen LogP contribution in [-0.4, -0.2) is 10.2 Å². The Morgan fingerprint density at radius 1 is 0.947 bits per heavy atom. The molecule has 0 saturated heterocycles. The van der Waals surface area contributed by atoms with Crippen LogP contribution < -0.4 is 5.32 Å². The summed E-state index contributed by atoms with van der Waals surface area (Å²) in [5.74, 6) is 0.600. The van der Waals surface area contributed by atoms with Crippen LogP contribution in [0.4, 0.5) is 5.69 Å². The molecule has 100 valence electrons. The predicted molar refractivity (Wildman–Crippen MR) is 77.7 cm³/mol. The van der Waals surface area contributed by atoms with Crippen LogP contribution in [0.15, 0.2) is 36.4 Å². The number of hydrogen-bond donors (Lipinski definition) is 3. The van der Waals surface area contributed by atoms with Gasteiger partial charge < -0.3 is 15.5 Å². The highest BCUT2D eigenvalue weighted by Crippen LogP contribution is 2.30. The number of hydrogen-bond acceptors (Lipinski definition) is 3. The maximum Gasteiger partial charge on any atom is 0.123 e. The Labute approximate surface area is 113 Å². The molecule has 2 aromatic carbocycles. The van der Waals surface area contributed by atoms with Gasteiger partial charge in [-0.3, -0.25) is 0 Å². The summed E-state index contributed by atoms with van der Waals surface area (Å²) in [7, 11) is 0. The summed E-state index contributed by atoms with van der Waals surface area (Å²) < 4.78 is 0. The highest BCUT2D eigenvalue weighted by atomic mass is 16.3. The molecule has 0 aromatic heterocycles. The minimum absolute atomic E-state index is 0.0985. The quantitative estimate of drug-likeness (QED) is 0.782. The smallest absolute Gasteiger partial charge is 0.123 e. The van der Waals surface area contributed by atoms with Crippen molar-refractivity contribution in [2.45, 2.75) is 26.8 Å². The minimum atomic E-state index is 0.0985. The summed E-state index contributed by atoms with van der Waals surface area (Å²) in [6.45, 7) is 5.83. The van der Waals surface area contributed by atoms with Gasteiger partial charge in [-0.25, -0.2) is 0 Å². The minimum Gasteiger partial charge on any atom is -0.508 e. The van der Waals surface area contributed by atoms with Crippen LogP contribution in [0.5, 0.6) is 11.5 Å². The van der Waals surface area contributed by atoms with E-state index in [-0.39, 0.29) is 11.8 Å². The van der Waals surface area contributed by atoms with Gasteiger partial charge in [-0.15, -0.1) is 0 Å². The fourth-order valence-electron chi connectivity index (χ4n) is 2.07. The lowest BCUT2D eigenvalue weighted by Crippen LogP contribution is -2.07. The monoisotopic (exact) mass is 257 g/mol. The first-order chi connectivity index (χ1) is 8.99. The molecular weight excluding hydrogens is 238 g/mol. The van der Waals surface area contributed by atoms with Crippen molar-refractivity contribution < 1.29 is 10.2 Å². The van der Waals surface area contributed by atoms with E-state index in [1.54, 1.807) is 12.1 Å². The average molecular weight is 257 g/mol. The molecule has 0 aliphatic rings. The number of benzene rings is 2. The van der Waals surface area contributed by atoms with Gasteiger partial charge in [-0.1, -0.05) is 18.2 Å². The zero-order chi connectivity index (χ0) is 14.0. The van der Waals surface area contributed by atoms with Gasteiger partial charge in [0, 0.05) is 17.3 Å². The van der Waals surface area contributed by atoms with Crippen LogP contribution in [0.3, 0.4) is 0 Å². The Kier molecular flexibility index (Phi) is 3.65. The molecule has 1 unspecified atom stereocenters. The van der Waals surface area contributed by atoms with Crippen LogP contribution in [0.1, 0.15) is 29.7 Å². The Hall–Kier alpha value is -2.16. The van der Waals surface area contributed by atoms with E-state index >= 15 is 0 Å². The van der Waals surface area contributed by atoms with Gasteiger partial charge in [-0.2, -0.15) is 0 Å². The largest absolute Gasteiger partial charge is 0.508 e. The maximum atomic E-state index is 9.93. The van der Waals surface area contributed by atoms with E-state index in [2.05, 4.69) is 5.32 Å². The van der Waals surface area contributed by atoms with Crippen LogP contribution in [0.2, 0.25) is 0 Å². The van der Waals surface area contributed by atoms with Crippen molar-refractivity contribution in [1.82, 2.24) is 0 Å². The summed E-state index contributed by atoms with van der Waals surface area (Å²) in [6, 6.07) is 11.1. The summed E-state index contributed by atoms with van der Waals surface area (Å²) in [5, 5.41) is 22.6. The van der Waals surface area contributed by atoms with Crippen molar-refractivity contribution in [1.29, 1.82) is 0 Å². The van der Waals surface area contributed by atoms with E-state index in [0.29, 0.717) is 5.75 Å². The molecule has 0 spiro atoms. The zero-order valence-corrected chi connectivity index (χ0v) is 11.4. The maximum absolute atomic E-state index is 9.93. The second-order valence-electron chi connectivity index (χ2n) is 4.86. The van der Waals surface area contributed by atoms with Crippen molar-refractivity contribution in [2.24, 2.45) is 0 Å². The zero-order valence-electron chi connectivity index (χ0n) is 11.4. The van der Waals surface area contributed by atoms with E-state index in [0.717, 1.165) is 22.4 Å². The van der Waals surface area contributed by atoms with Crippen molar-refractivity contribution in [3.63, 3.8) is 0 Å². The summed E-state index contributed by atoms with van der Waals surface area (Å²) in [6.07, 6.45) is 0. The number of aromatic hydroxyl groups is 2. The number of phenolic OH excluding ortho intramolecular Hbond substituents is 2. The molecule has 2 rings (SSSR count). The number of aryl methyl sites for hydroxylation is 1. The normalized spacial score (nSPS) is 12.2. The van der Waals surface area contributed by atoms with E-state index in [4.69, 9.17) is 0 Å². The van der Waals surface area contributed by atoms with Gasteiger partial charge in [0.25, 0.3) is 0 Å². The van der Waals surface area contributed by atoms with Crippen LogP contribution in [-0.2, 0) is 0 Å². The molecule has 0 fully saturated rings. The predicted octanol–water partition coefficient (Wildman–Crippen LogP) is 3.89. The Morgan fingerprint density at radius 3 is 2.21 bits per heavy atom. The van der Waals surface area contributed by atoms with E-state index in [9.17, 15) is 10.2 Å². The van der Waals surface area contributed by atoms with Gasteiger partial charge in [0.1, 0.15) is 11.5 Å². The molecule has 3 N–H and O–H groups in total.